The van der Waals surface area contributed by atoms with Crippen molar-refractivity contribution in [3.63, 3.8) is 0 Å². The van der Waals surface area contributed by atoms with Gasteiger partial charge in [-0.05, 0) is 23.1 Å². The van der Waals surface area contributed by atoms with Gasteiger partial charge in [0.1, 0.15) is 0 Å². The molecule has 0 N–H and O–H groups in total. The van der Waals surface area contributed by atoms with E-state index in [1.54, 1.807) is 6.08 Å². The molecule has 1 unspecified atom stereocenters. The number of carbonyl (C=O) groups is 1. The average molecular weight is 253 g/mol. The number of ether oxygens (including phenoxy) is 1. The van der Waals surface area contributed by atoms with Gasteiger partial charge in [-0.2, -0.15) is 5.26 Å². The van der Waals surface area contributed by atoms with Crippen molar-refractivity contribution in [2.45, 2.75) is 12.8 Å². The van der Waals surface area contributed by atoms with E-state index in [1.807, 2.05) is 30.3 Å². The van der Waals surface area contributed by atoms with E-state index in [1.165, 1.54) is 7.11 Å². The van der Waals surface area contributed by atoms with E-state index in [2.05, 4.69) is 12.6 Å². The van der Waals surface area contributed by atoms with Gasteiger partial charge in [0, 0.05) is 6.42 Å². The number of rotatable bonds is 2. The molecule has 1 aromatic rings. The summed E-state index contributed by atoms with van der Waals surface area (Å²) < 4.78 is 4.81. The summed E-state index contributed by atoms with van der Waals surface area (Å²) in [5, 5.41) is 9.45. The third-order valence-corrected chi connectivity index (χ3v) is 3.50. The first-order chi connectivity index (χ1) is 9.16. The summed E-state index contributed by atoms with van der Waals surface area (Å²) in [5.41, 5.74) is 1.81. The van der Waals surface area contributed by atoms with Gasteiger partial charge in [-0.15, -0.1) is 0 Å². The van der Waals surface area contributed by atoms with Crippen LogP contribution in [-0.4, -0.2) is 13.1 Å². The molecule has 3 nitrogen and oxygen atoms in total. The molecule has 1 aliphatic rings. The number of esters is 1. The predicted molar refractivity (Wildman–Crippen MR) is 73.0 cm³/mol. The third kappa shape index (κ3) is 2.17. The first-order valence-corrected chi connectivity index (χ1v) is 6.07. The number of carbonyl (C=O) groups excluding carboxylic acids is 1. The fraction of sp³-hybridized carbons (Fsp3) is 0.250. The monoisotopic (exact) mass is 253 g/mol. The molecule has 0 radical (unpaired) electrons. The highest BCUT2D eigenvalue weighted by Crippen LogP contribution is 2.36. The van der Waals surface area contributed by atoms with Crippen molar-refractivity contribution in [1.82, 2.24) is 0 Å². The topological polar surface area (TPSA) is 50.1 Å². The maximum absolute atomic E-state index is 12.0. The summed E-state index contributed by atoms with van der Waals surface area (Å²) in [7, 11) is 1.32. The van der Waals surface area contributed by atoms with Gasteiger partial charge in [-0.3, -0.25) is 4.79 Å². The molecule has 0 amide bonds. The lowest BCUT2D eigenvalue weighted by atomic mass is 9.80. The van der Waals surface area contributed by atoms with Gasteiger partial charge in [0.05, 0.1) is 13.2 Å². The summed E-state index contributed by atoms with van der Waals surface area (Å²) in [5.74, 6) is -0.480. The fourth-order valence-corrected chi connectivity index (χ4v) is 2.42. The minimum absolute atomic E-state index is 0.339. The van der Waals surface area contributed by atoms with Crippen molar-refractivity contribution in [2.75, 3.05) is 7.11 Å². The Hall–Kier alpha value is -2.34. The first kappa shape index (κ1) is 13.1. The Labute approximate surface area is 112 Å². The molecule has 0 saturated heterocycles. The highest BCUT2D eigenvalue weighted by atomic mass is 16.5. The van der Waals surface area contributed by atoms with Crippen LogP contribution < -0.4 is 0 Å². The summed E-state index contributed by atoms with van der Waals surface area (Å²) >= 11 is 0. The summed E-state index contributed by atoms with van der Waals surface area (Å²) in [6.07, 6.45) is 4.34. The lowest BCUT2D eigenvalue weighted by Crippen LogP contribution is -2.32. The van der Waals surface area contributed by atoms with Crippen molar-refractivity contribution < 1.29 is 9.53 Å². The van der Waals surface area contributed by atoms with Crippen LogP contribution in [0.15, 0.2) is 43.0 Å². The molecular formula is C16H15NO2. The maximum atomic E-state index is 12.0. The molecule has 0 spiro atoms. The number of hydrogen-bond donors (Lipinski definition) is 0. The van der Waals surface area contributed by atoms with Gasteiger partial charge >= 0.3 is 5.97 Å². The van der Waals surface area contributed by atoms with Crippen LogP contribution >= 0.6 is 0 Å². The second-order valence-electron chi connectivity index (χ2n) is 4.59. The Kier molecular flexibility index (Phi) is 3.52. The van der Waals surface area contributed by atoms with E-state index in [9.17, 15) is 10.1 Å². The standard InChI is InChI=1S/C16H15NO2/c1-3-12-8-9-16(11-17,15(18)19-2)10-13-6-4-5-7-14(12)13/h3-8H,1,9-10H2,2H3. The van der Waals surface area contributed by atoms with Crippen molar-refractivity contribution >= 4 is 11.5 Å². The molecule has 19 heavy (non-hydrogen) atoms. The molecular weight excluding hydrogens is 238 g/mol. The maximum Gasteiger partial charge on any atom is 0.326 e. The van der Waals surface area contributed by atoms with Crippen LogP contribution in [0, 0.1) is 16.7 Å². The summed E-state index contributed by atoms with van der Waals surface area (Å²) in [4.78, 5) is 12.0. The minimum Gasteiger partial charge on any atom is -0.468 e. The molecule has 2 rings (SSSR count). The SMILES string of the molecule is C=CC1=CCC(C#N)(C(=O)OC)Cc2ccccc21. The van der Waals surface area contributed by atoms with Gasteiger partial charge in [-0.1, -0.05) is 43.0 Å². The molecule has 0 fully saturated rings. The van der Waals surface area contributed by atoms with Crippen LogP contribution in [0.2, 0.25) is 0 Å². The highest BCUT2D eigenvalue weighted by Gasteiger charge is 2.41. The Morgan fingerprint density at radius 2 is 2.26 bits per heavy atom. The molecule has 1 aliphatic carbocycles. The number of methoxy groups -OCH3 is 1. The van der Waals surface area contributed by atoms with Gasteiger partial charge in [0.15, 0.2) is 5.41 Å². The Morgan fingerprint density at radius 1 is 1.53 bits per heavy atom. The van der Waals surface area contributed by atoms with Gasteiger partial charge in [0.2, 0.25) is 0 Å². The molecule has 3 heteroatoms. The number of hydrogen-bond acceptors (Lipinski definition) is 3. The predicted octanol–water partition coefficient (Wildman–Crippen LogP) is 2.89. The molecule has 0 saturated carbocycles. The second-order valence-corrected chi connectivity index (χ2v) is 4.59. The van der Waals surface area contributed by atoms with Crippen LogP contribution in [0.5, 0.6) is 0 Å². The molecule has 1 atom stereocenters. The highest BCUT2D eigenvalue weighted by molar-refractivity contribution is 5.84. The molecule has 0 bridgehead atoms. The second kappa shape index (κ2) is 5.11. The van der Waals surface area contributed by atoms with Gasteiger partial charge < -0.3 is 4.74 Å². The zero-order valence-corrected chi connectivity index (χ0v) is 10.8. The summed E-state index contributed by atoms with van der Waals surface area (Å²) in [6, 6.07) is 9.90. The molecule has 0 aromatic heterocycles. The number of benzene rings is 1. The van der Waals surface area contributed by atoms with Gasteiger partial charge in [0.25, 0.3) is 0 Å². The molecule has 1 aromatic carbocycles. The normalized spacial score (nSPS) is 21.4. The number of nitrogens with zero attached hydrogens (tertiary/aromatic N) is 1. The zero-order valence-electron chi connectivity index (χ0n) is 10.8. The van der Waals surface area contributed by atoms with E-state index in [-0.39, 0.29) is 0 Å². The summed E-state index contributed by atoms with van der Waals surface area (Å²) in [6.45, 7) is 3.80. The quantitative estimate of drug-likeness (QED) is 0.761. The Bertz CT molecular complexity index is 595. The minimum atomic E-state index is -1.14. The van der Waals surface area contributed by atoms with Crippen LogP contribution in [0.25, 0.3) is 5.57 Å². The van der Waals surface area contributed by atoms with Crippen molar-refractivity contribution in [3.05, 3.63) is 54.1 Å². The zero-order chi connectivity index (χ0) is 13.9. The average Bonchev–Trinajstić information content (AvgIpc) is 2.63. The van der Waals surface area contributed by atoms with E-state index < -0.39 is 11.4 Å². The van der Waals surface area contributed by atoms with Crippen molar-refractivity contribution in [1.29, 1.82) is 5.26 Å². The largest absolute Gasteiger partial charge is 0.468 e. The number of fused-ring (bicyclic) bond motifs is 1. The smallest absolute Gasteiger partial charge is 0.326 e. The number of nitriles is 1. The Balaban J connectivity index is 2.58. The van der Waals surface area contributed by atoms with Crippen LogP contribution in [0.4, 0.5) is 0 Å². The van der Waals surface area contributed by atoms with E-state index in [0.29, 0.717) is 12.8 Å². The van der Waals surface area contributed by atoms with Crippen molar-refractivity contribution in [3.8, 4) is 6.07 Å². The van der Waals surface area contributed by atoms with E-state index in [4.69, 9.17) is 4.74 Å². The van der Waals surface area contributed by atoms with E-state index >= 15 is 0 Å². The van der Waals surface area contributed by atoms with E-state index in [0.717, 1.165) is 16.7 Å². The van der Waals surface area contributed by atoms with Gasteiger partial charge in [-0.25, -0.2) is 0 Å². The first-order valence-electron chi connectivity index (χ1n) is 6.07. The Morgan fingerprint density at radius 3 is 2.89 bits per heavy atom. The lowest BCUT2D eigenvalue weighted by molar-refractivity contribution is -0.149. The van der Waals surface area contributed by atoms with Crippen molar-refractivity contribution in [2.24, 2.45) is 5.41 Å². The van der Waals surface area contributed by atoms with Crippen LogP contribution in [0.1, 0.15) is 17.5 Å². The molecule has 0 heterocycles. The number of allylic oxidation sites excluding steroid dienone is 3. The lowest BCUT2D eigenvalue weighted by Gasteiger charge is -2.21. The third-order valence-electron chi connectivity index (χ3n) is 3.50. The van der Waals surface area contributed by atoms with Crippen LogP contribution in [0.3, 0.4) is 0 Å². The molecule has 96 valence electrons. The fourth-order valence-electron chi connectivity index (χ4n) is 2.42. The molecule has 0 aliphatic heterocycles. The van der Waals surface area contributed by atoms with Crippen LogP contribution in [-0.2, 0) is 16.0 Å².